The van der Waals surface area contributed by atoms with Crippen LogP contribution >= 0.6 is 0 Å². The highest BCUT2D eigenvalue weighted by Gasteiger charge is 2.21. The van der Waals surface area contributed by atoms with Gasteiger partial charge in [0.15, 0.2) is 0 Å². The molecule has 1 aromatic carbocycles. The van der Waals surface area contributed by atoms with Crippen molar-refractivity contribution in [1.82, 2.24) is 5.32 Å². The van der Waals surface area contributed by atoms with E-state index in [2.05, 4.69) is 18.0 Å². The molecule has 3 heteroatoms. The third-order valence-electron chi connectivity index (χ3n) is 2.64. The lowest BCUT2D eigenvalue weighted by Gasteiger charge is -2.18. The minimum Gasteiger partial charge on any atom is -0.468 e. The molecule has 1 aromatic rings. The van der Waals surface area contributed by atoms with Gasteiger partial charge in [0.05, 0.1) is 7.11 Å². The van der Waals surface area contributed by atoms with Crippen LogP contribution in [0.15, 0.2) is 30.9 Å². The average Bonchev–Trinajstić information content (AvgIpc) is 2.31. The van der Waals surface area contributed by atoms with Crippen LogP contribution in [0.2, 0.25) is 0 Å². The van der Waals surface area contributed by atoms with Crippen molar-refractivity contribution in [3.63, 3.8) is 0 Å². The molecular formula is C14H19NO2. The van der Waals surface area contributed by atoms with Gasteiger partial charge >= 0.3 is 5.97 Å². The fourth-order valence-corrected chi connectivity index (χ4v) is 1.79. The Morgan fingerprint density at radius 3 is 2.76 bits per heavy atom. The number of hydrogen-bond donors (Lipinski definition) is 1. The van der Waals surface area contributed by atoms with E-state index in [1.54, 1.807) is 6.08 Å². The zero-order chi connectivity index (χ0) is 12.8. The fraction of sp³-hybridized carbons (Fsp3) is 0.357. The quantitative estimate of drug-likeness (QED) is 0.626. The fourth-order valence-electron chi connectivity index (χ4n) is 1.79. The first-order valence-corrected chi connectivity index (χ1v) is 5.59. The van der Waals surface area contributed by atoms with Crippen molar-refractivity contribution in [1.29, 1.82) is 0 Å². The van der Waals surface area contributed by atoms with Gasteiger partial charge in [0, 0.05) is 6.54 Å². The van der Waals surface area contributed by atoms with Gasteiger partial charge in [0.25, 0.3) is 0 Å². The Balaban J connectivity index is 3.03. The zero-order valence-electron chi connectivity index (χ0n) is 10.6. The molecule has 0 aromatic heterocycles. The number of aryl methyl sites for hydroxylation is 2. The van der Waals surface area contributed by atoms with Crippen LogP contribution in [0.3, 0.4) is 0 Å². The molecule has 0 aliphatic carbocycles. The van der Waals surface area contributed by atoms with Gasteiger partial charge in [-0.1, -0.05) is 29.8 Å². The highest BCUT2D eigenvalue weighted by atomic mass is 16.5. The van der Waals surface area contributed by atoms with Crippen molar-refractivity contribution >= 4 is 5.97 Å². The summed E-state index contributed by atoms with van der Waals surface area (Å²) in [5.41, 5.74) is 3.21. The van der Waals surface area contributed by atoms with Crippen molar-refractivity contribution in [3.8, 4) is 0 Å². The summed E-state index contributed by atoms with van der Waals surface area (Å²) in [7, 11) is 1.40. The lowest BCUT2D eigenvalue weighted by molar-refractivity contribution is -0.143. The third kappa shape index (κ3) is 3.43. The lowest BCUT2D eigenvalue weighted by atomic mass is 9.99. The number of methoxy groups -OCH3 is 1. The molecule has 0 spiro atoms. The summed E-state index contributed by atoms with van der Waals surface area (Å²) in [6.07, 6.45) is 1.72. The molecule has 0 amide bonds. The molecule has 0 fully saturated rings. The minimum absolute atomic E-state index is 0.279. The average molecular weight is 233 g/mol. The van der Waals surface area contributed by atoms with E-state index in [1.165, 1.54) is 12.7 Å². The Kier molecular flexibility index (Phi) is 4.91. The minimum atomic E-state index is -0.432. The molecular weight excluding hydrogens is 214 g/mol. The molecule has 0 aliphatic heterocycles. The molecule has 0 saturated carbocycles. The highest BCUT2D eigenvalue weighted by Crippen LogP contribution is 2.20. The molecule has 0 aliphatic rings. The summed E-state index contributed by atoms with van der Waals surface area (Å²) < 4.78 is 4.81. The summed E-state index contributed by atoms with van der Waals surface area (Å²) in [5, 5.41) is 3.10. The van der Waals surface area contributed by atoms with Crippen LogP contribution in [0.25, 0.3) is 0 Å². The normalized spacial score (nSPS) is 11.9. The van der Waals surface area contributed by atoms with Gasteiger partial charge in [-0.25, -0.2) is 4.79 Å². The topological polar surface area (TPSA) is 38.3 Å². The standard InChI is InChI=1S/C14H19NO2/c1-5-8-15-13(14(16)17-4)12-7-6-10(2)9-11(12)3/h5-7,9,13,15H,1,8H2,2-4H3. The Morgan fingerprint density at radius 2 is 2.24 bits per heavy atom. The van der Waals surface area contributed by atoms with Crippen LogP contribution in [-0.4, -0.2) is 19.6 Å². The van der Waals surface area contributed by atoms with Crippen LogP contribution in [-0.2, 0) is 9.53 Å². The second-order valence-electron chi connectivity index (χ2n) is 4.01. The molecule has 3 nitrogen and oxygen atoms in total. The van der Waals surface area contributed by atoms with Crippen LogP contribution < -0.4 is 5.32 Å². The van der Waals surface area contributed by atoms with E-state index in [0.717, 1.165) is 11.1 Å². The highest BCUT2D eigenvalue weighted by molar-refractivity contribution is 5.78. The molecule has 1 atom stereocenters. The first-order chi connectivity index (χ1) is 8.10. The van der Waals surface area contributed by atoms with Crippen LogP contribution in [0, 0.1) is 13.8 Å². The van der Waals surface area contributed by atoms with E-state index in [-0.39, 0.29) is 5.97 Å². The summed E-state index contributed by atoms with van der Waals surface area (Å²) in [6, 6.07) is 5.58. The van der Waals surface area contributed by atoms with Gasteiger partial charge < -0.3 is 4.74 Å². The first kappa shape index (κ1) is 13.5. The zero-order valence-corrected chi connectivity index (χ0v) is 10.6. The van der Waals surface area contributed by atoms with Crippen LogP contribution in [0.4, 0.5) is 0 Å². The number of esters is 1. The molecule has 1 unspecified atom stereocenters. The molecule has 0 saturated heterocycles. The summed E-state index contributed by atoms with van der Waals surface area (Å²) in [6.45, 7) is 8.22. The molecule has 0 radical (unpaired) electrons. The van der Waals surface area contributed by atoms with E-state index >= 15 is 0 Å². The predicted molar refractivity (Wildman–Crippen MR) is 68.9 cm³/mol. The van der Waals surface area contributed by atoms with Gasteiger partial charge in [-0.05, 0) is 25.0 Å². The summed E-state index contributed by atoms with van der Waals surface area (Å²) in [4.78, 5) is 11.7. The Morgan fingerprint density at radius 1 is 1.53 bits per heavy atom. The van der Waals surface area contributed by atoms with Gasteiger partial charge in [0.1, 0.15) is 6.04 Å². The van der Waals surface area contributed by atoms with E-state index in [0.29, 0.717) is 6.54 Å². The largest absolute Gasteiger partial charge is 0.468 e. The molecule has 0 bridgehead atoms. The Labute approximate surface area is 102 Å². The molecule has 1 N–H and O–H groups in total. The van der Waals surface area contributed by atoms with Gasteiger partial charge in [-0.2, -0.15) is 0 Å². The summed E-state index contributed by atoms with van der Waals surface area (Å²) >= 11 is 0. The predicted octanol–water partition coefficient (Wildman–Crippen LogP) is 2.29. The molecule has 0 heterocycles. The molecule has 17 heavy (non-hydrogen) atoms. The maximum Gasteiger partial charge on any atom is 0.327 e. The van der Waals surface area contributed by atoms with E-state index in [1.807, 2.05) is 26.0 Å². The lowest BCUT2D eigenvalue weighted by Crippen LogP contribution is -2.30. The summed E-state index contributed by atoms with van der Waals surface area (Å²) in [5.74, 6) is -0.279. The number of benzene rings is 1. The number of ether oxygens (including phenoxy) is 1. The number of carbonyl (C=O) groups excluding carboxylic acids is 1. The third-order valence-corrected chi connectivity index (χ3v) is 2.64. The van der Waals surface area contributed by atoms with Crippen LogP contribution in [0.5, 0.6) is 0 Å². The maximum atomic E-state index is 11.7. The molecule has 92 valence electrons. The number of rotatable bonds is 5. The van der Waals surface area contributed by atoms with Crippen molar-refractivity contribution in [2.45, 2.75) is 19.9 Å². The van der Waals surface area contributed by atoms with E-state index in [4.69, 9.17) is 4.74 Å². The van der Waals surface area contributed by atoms with Crippen LogP contribution in [0.1, 0.15) is 22.7 Å². The van der Waals surface area contributed by atoms with Gasteiger partial charge in [0.2, 0.25) is 0 Å². The monoisotopic (exact) mass is 233 g/mol. The number of nitrogens with one attached hydrogen (secondary N) is 1. The first-order valence-electron chi connectivity index (χ1n) is 5.59. The SMILES string of the molecule is C=CCNC(C(=O)OC)c1ccc(C)cc1C. The van der Waals surface area contributed by atoms with Crippen molar-refractivity contribution in [3.05, 3.63) is 47.5 Å². The number of hydrogen-bond acceptors (Lipinski definition) is 3. The van der Waals surface area contributed by atoms with Crippen molar-refractivity contribution < 1.29 is 9.53 Å². The molecule has 1 rings (SSSR count). The number of carbonyl (C=O) groups is 1. The smallest absolute Gasteiger partial charge is 0.327 e. The second-order valence-corrected chi connectivity index (χ2v) is 4.01. The van der Waals surface area contributed by atoms with E-state index < -0.39 is 6.04 Å². The Bertz CT molecular complexity index is 413. The van der Waals surface area contributed by atoms with E-state index in [9.17, 15) is 4.79 Å². The van der Waals surface area contributed by atoms with Gasteiger partial charge in [-0.3, -0.25) is 5.32 Å². The Hall–Kier alpha value is -1.61. The van der Waals surface area contributed by atoms with Crippen molar-refractivity contribution in [2.24, 2.45) is 0 Å². The van der Waals surface area contributed by atoms with Gasteiger partial charge in [-0.15, -0.1) is 6.58 Å². The maximum absolute atomic E-state index is 11.7. The second kappa shape index (κ2) is 6.21. The van der Waals surface area contributed by atoms with Crippen molar-refractivity contribution in [2.75, 3.05) is 13.7 Å².